The van der Waals surface area contributed by atoms with Gasteiger partial charge in [0.1, 0.15) is 17.3 Å². The normalized spacial score (nSPS) is 15.8. The number of anilines is 2. The van der Waals surface area contributed by atoms with Gasteiger partial charge in [0.25, 0.3) is 12.3 Å². The smallest absolute Gasteiger partial charge is 0.280 e. The molecule has 10 nitrogen and oxygen atoms in total. The van der Waals surface area contributed by atoms with Crippen molar-refractivity contribution in [3.05, 3.63) is 40.8 Å². The van der Waals surface area contributed by atoms with Crippen molar-refractivity contribution in [2.45, 2.75) is 19.3 Å². The van der Waals surface area contributed by atoms with Crippen LogP contribution in [0.15, 0.2) is 24.5 Å². The zero-order valence-electron chi connectivity index (χ0n) is 20.6. The molecule has 0 unspecified atom stereocenters. The van der Waals surface area contributed by atoms with E-state index in [4.69, 9.17) is 4.74 Å². The fourth-order valence-electron chi connectivity index (χ4n) is 3.86. The number of nitrogens with zero attached hydrogens (tertiary/aromatic N) is 6. The Kier molecular flexibility index (Phi) is 7.26. The minimum atomic E-state index is -2.84. The molecule has 2 fully saturated rings. The van der Waals surface area contributed by atoms with E-state index >= 15 is 0 Å². The van der Waals surface area contributed by atoms with Gasteiger partial charge >= 0.3 is 0 Å². The van der Waals surface area contributed by atoms with Crippen LogP contribution in [0.3, 0.4) is 0 Å². The molecule has 38 heavy (non-hydrogen) atoms. The number of likely N-dealkylation sites (N-methyl/N-ethyl adjacent to an activating group) is 1. The van der Waals surface area contributed by atoms with Gasteiger partial charge in [-0.15, -0.1) is 10.2 Å². The van der Waals surface area contributed by atoms with Crippen LogP contribution in [-0.2, 0) is 4.79 Å². The van der Waals surface area contributed by atoms with Crippen molar-refractivity contribution in [3.8, 4) is 28.7 Å². The molecule has 1 N–H and O–H groups in total. The Morgan fingerprint density at radius 3 is 2.71 bits per heavy atom. The quantitative estimate of drug-likeness (QED) is 0.475. The Morgan fingerprint density at radius 1 is 1.18 bits per heavy atom. The monoisotopic (exact) mass is 539 g/mol. The first-order chi connectivity index (χ1) is 18.3. The number of carbonyl (C=O) groups is 2. The first-order valence-corrected chi connectivity index (χ1v) is 12.6. The molecular formula is C25H23F2N7O3S. The maximum absolute atomic E-state index is 13.5. The summed E-state index contributed by atoms with van der Waals surface area (Å²) in [5, 5.41) is 11.4. The molecule has 0 spiro atoms. The molecule has 1 saturated heterocycles. The largest absolute Gasteiger partial charge is 0.494 e. The lowest BCUT2D eigenvalue weighted by Gasteiger charge is -2.31. The molecule has 0 radical (unpaired) electrons. The summed E-state index contributed by atoms with van der Waals surface area (Å²) in [4.78, 5) is 37.6. The number of halogens is 2. The molecule has 3 aromatic rings. The summed E-state index contributed by atoms with van der Waals surface area (Å²) >= 11 is 1.13. The first kappa shape index (κ1) is 25.6. The zero-order valence-corrected chi connectivity index (χ0v) is 21.4. The second-order valence-electron chi connectivity index (χ2n) is 8.89. The van der Waals surface area contributed by atoms with Gasteiger partial charge in [-0.25, -0.2) is 13.8 Å². The lowest BCUT2D eigenvalue weighted by molar-refractivity contribution is -0.120. The van der Waals surface area contributed by atoms with E-state index in [0.29, 0.717) is 29.8 Å². The molecule has 4 heterocycles. The number of hydrogen-bond acceptors (Lipinski definition) is 9. The molecule has 0 atom stereocenters. The molecule has 0 aromatic carbocycles. The number of carbonyl (C=O) groups excluding carboxylic acids is 2. The average molecular weight is 540 g/mol. The molecular weight excluding hydrogens is 516 g/mol. The van der Waals surface area contributed by atoms with Crippen molar-refractivity contribution in [2.75, 3.05) is 44.0 Å². The summed E-state index contributed by atoms with van der Waals surface area (Å²) in [5.74, 6) is 6.16. The third kappa shape index (κ3) is 5.61. The molecule has 1 aliphatic heterocycles. The second kappa shape index (κ2) is 10.8. The summed E-state index contributed by atoms with van der Waals surface area (Å²) in [6.07, 6.45) is 1.80. The van der Waals surface area contributed by atoms with Gasteiger partial charge in [0.2, 0.25) is 11.0 Å². The SMILES string of the molecule is COc1cnc(C(F)F)cc1-c1cc(N2CCN(C)CC2=O)ncc1C(=O)Nc1nnc(C#CC2CC2)s1. The molecule has 5 rings (SSSR count). The Labute approximate surface area is 221 Å². The molecule has 2 aliphatic rings. The summed E-state index contributed by atoms with van der Waals surface area (Å²) in [6, 6.07) is 2.69. The fourth-order valence-corrected chi connectivity index (χ4v) is 4.46. The maximum atomic E-state index is 13.5. The molecule has 1 aliphatic carbocycles. The predicted octanol–water partition coefficient (Wildman–Crippen LogP) is 3.23. The highest BCUT2D eigenvalue weighted by atomic mass is 32.1. The number of piperazine rings is 1. The van der Waals surface area contributed by atoms with E-state index in [1.165, 1.54) is 36.5 Å². The van der Waals surface area contributed by atoms with Gasteiger partial charge in [-0.2, -0.15) is 0 Å². The van der Waals surface area contributed by atoms with Crippen molar-refractivity contribution in [1.29, 1.82) is 0 Å². The topological polar surface area (TPSA) is 113 Å². The van der Waals surface area contributed by atoms with Gasteiger partial charge in [-0.05, 0) is 37.9 Å². The minimum Gasteiger partial charge on any atom is -0.494 e. The average Bonchev–Trinajstić information content (AvgIpc) is 3.64. The van der Waals surface area contributed by atoms with Crippen molar-refractivity contribution in [3.63, 3.8) is 0 Å². The Bertz CT molecular complexity index is 1450. The van der Waals surface area contributed by atoms with Gasteiger partial charge in [0.05, 0.1) is 25.4 Å². The van der Waals surface area contributed by atoms with Crippen molar-refractivity contribution in [2.24, 2.45) is 5.92 Å². The molecule has 13 heteroatoms. The highest BCUT2D eigenvalue weighted by Gasteiger charge is 2.27. The number of hydrogen-bond donors (Lipinski definition) is 1. The van der Waals surface area contributed by atoms with E-state index in [1.807, 2.05) is 11.9 Å². The highest BCUT2D eigenvalue weighted by molar-refractivity contribution is 7.15. The minimum absolute atomic E-state index is 0.0702. The number of ether oxygens (including phenoxy) is 1. The third-order valence-corrected chi connectivity index (χ3v) is 6.80. The molecule has 0 bridgehead atoms. The van der Waals surface area contributed by atoms with E-state index in [9.17, 15) is 18.4 Å². The zero-order chi connectivity index (χ0) is 26.8. The van der Waals surface area contributed by atoms with Gasteiger partial charge < -0.3 is 4.74 Å². The number of nitrogens with one attached hydrogen (secondary N) is 1. The van der Waals surface area contributed by atoms with Crippen LogP contribution in [0.1, 0.15) is 40.3 Å². The number of amides is 2. The van der Waals surface area contributed by atoms with Crippen LogP contribution in [0.25, 0.3) is 11.1 Å². The number of pyridine rings is 2. The van der Waals surface area contributed by atoms with E-state index < -0.39 is 18.0 Å². The third-order valence-electron chi connectivity index (χ3n) is 6.05. The Hall–Kier alpha value is -4.02. The van der Waals surface area contributed by atoms with Crippen molar-refractivity contribution < 1.29 is 23.1 Å². The summed E-state index contributed by atoms with van der Waals surface area (Å²) in [6.45, 7) is 1.22. The van der Waals surface area contributed by atoms with Gasteiger partial charge in [0, 0.05) is 36.3 Å². The Balaban J connectivity index is 1.53. The summed E-state index contributed by atoms with van der Waals surface area (Å²) in [7, 11) is 3.21. The van der Waals surface area contributed by atoms with Gasteiger partial charge in [-0.1, -0.05) is 17.3 Å². The number of alkyl halides is 2. The fraction of sp³-hybridized carbons (Fsp3) is 0.360. The van der Waals surface area contributed by atoms with Crippen molar-refractivity contribution >= 4 is 34.1 Å². The van der Waals surface area contributed by atoms with Crippen molar-refractivity contribution in [1.82, 2.24) is 25.1 Å². The van der Waals surface area contributed by atoms with Crippen LogP contribution in [0, 0.1) is 17.8 Å². The van der Waals surface area contributed by atoms with Gasteiger partial charge in [-0.3, -0.25) is 29.7 Å². The van der Waals surface area contributed by atoms with Crippen LogP contribution in [0.2, 0.25) is 0 Å². The van der Waals surface area contributed by atoms with Gasteiger partial charge in [0.15, 0.2) is 5.01 Å². The lowest BCUT2D eigenvalue weighted by atomic mass is 9.99. The first-order valence-electron chi connectivity index (χ1n) is 11.8. The van der Waals surface area contributed by atoms with E-state index in [2.05, 4.69) is 37.3 Å². The predicted molar refractivity (Wildman–Crippen MR) is 136 cm³/mol. The highest BCUT2D eigenvalue weighted by Crippen LogP contribution is 2.36. The molecule has 196 valence electrons. The number of aromatic nitrogens is 4. The summed E-state index contributed by atoms with van der Waals surface area (Å²) < 4.78 is 32.5. The number of rotatable bonds is 6. The summed E-state index contributed by atoms with van der Waals surface area (Å²) in [5.41, 5.74) is 0.0464. The van der Waals surface area contributed by atoms with E-state index in [1.54, 1.807) is 0 Å². The van der Waals surface area contributed by atoms with E-state index in [0.717, 1.165) is 24.2 Å². The maximum Gasteiger partial charge on any atom is 0.280 e. The number of methoxy groups -OCH3 is 1. The van der Waals surface area contributed by atoms with Crippen LogP contribution in [0.5, 0.6) is 5.75 Å². The lowest BCUT2D eigenvalue weighted by Crippen LogP contribution is -2.49. The molecule has 3 aromatic heterocycles. The molecule has 1 saturated carbocycles. The standard InChI is InChI=1S/C25H23F2N7O3S/c1-33-7-8-34(22(35)13-33)20-10-15(16-9-18(23(26)27)28-12-19(16)37-2)17(11-29-20)24(36)30-25-32-31-21(38-25)6-5-14-3-4-14/h9-12,14,23H,3-4,7-8,13H2,1-2H3,(H,30,32,36). The molecule has 2 amide bonds. The van der Waals surface area contributed by atoms with Crippen LogP contribution in [-0.4, -0.2) is 70.7 Å². The van der Waals surface area contributed by atoms with Crippen LogP contribution < -0.4 is 15.0 Å². The Morgan fingerprint density at radius 2 is 2.00 bits per heavy atom. The van der Waals surface area contributed by atoms with Crippen LogP contribution >= 0.6 is 11.3 Å². The van der Waals surface area contributed by atoms with E-state index in [-0.39, 0.29) is 40.0 Å². The van der Waals surface area contributed by atoms with Crippen LogP contribution in [0.4, 0.5) is 19.7 Å². The second-order valence-corrected chi connectivity index (χ2v) is 9.87.